The number of hydrogen-bond acceptors (Lipinski definition) is 3. The number of rotatable bonds is 3. The smallest absolute Gasteiger partial charge is 0.255 e. The fourth-order valence-electron chi connectivity index (χ4n) is 2.89. The summed E-state index contributed by atoms with van der Waals surface area (Å²) in [5.74, 6) is 0.137. The molecule has 0 aromatic carbocycles. The number of aryl methyl sites for hydroxylation is 1. The molecular weight excluding hydrogens is 346 g/mol. The average molecular weight is 366 g/mol. The Morgan fingerprint density at radius 3 is 2.54 bits per heavy atom. The van der Waals surface area contributed by atoms with Crippen LogP contribution in [-0.2, 0) is 18.3 Å². The van der Waals surface area contributed by atoms with E-state index < -0.39 is 0 Å². The fraction of sp³-hybridized carbons (Fsp3) is 0.412. The fourth-order valence-corrected chi connectivity index (χ4v) is 3.97. The molecule has 0 bridgehead atoms. The Bertz CT molecular complexity index is 740. The summed E-state index contributed by atoms with van der Waals surface area (Å²) >= 11 is 7.36. The highest BCUT2D eigenvalue weighted by molar-refractivity contribution is 7.16. The second-order valence-corrected chi connectivity index (χ2v) is 7.77. The van der Waals surface area contributed by atoms with Crippen LogP contribution in [0.15, 0.2) is 30.6 Å². The molecule has 3 heterocycles. The van der Waals surface area contributed by atoms with Gasteiger partial charge in [-0.2, -0.15) is 0 Å². The van der Waals surface area contributed by atoms with Gasteiger partial charge in [-0.15, -0.1) is 11.3 Å². The largest absolute Gasteiger partial charge is 0.356 e. The zero-order chi connectivity index (χ0) is 17.1. The van der Waals surface area contributed by atoms with Crippen molar-refractivity contribution in [3.8, 4) is 0 Å². The molecule has 1 fully saturated rings. The Labute approximate surface area is 150 Å². The Morgan fingerprint density at radius 1 is 1.12 bits per heavy atom. The number of thiophene rings is 1. The first-order valence-corrected chi connectivity index (χ1v) is 9.15. The molecule has 5 nitrogen and oxygen atoms in total. The first-order chi connectivity index (χ1) is 11.5. The predicted octanol–water partition coefficient (Wildman–Crippen LogP) is 2.66. The predicted molar refractivity (Wildman–Crippen MR) is 95.5 cm³/mol. The zero-order valence-electron chi connectivity index (χ0n) is 13.6. The van der Waals surface area contributed by atoms with Crippen molar-refractivity contribution in [2.75, 3.05) is 26.2 Å². The lowest BCUT2D eigenvalue weighted by molar-refractivity contribution is -0.130. The normalized spacial score (nSPS) is 15.4. The molecule has 128 valence electrons. The van der Waals surface area contributed by atoms with E-state index in [9.17, 15) is 9.59 Å². The number of hydrogen-bond donors (Lipinski definition) is 0. The van der Waals surface area contributed by atoms with Crippen LogP contribution in [0.4, 0.5) is 0 Å². The summed E-state index contributed by atoms with van der Waals surface area (Å²) in [6.07, 6.45) is 4.88. The van der Waals surface area contributed by atoms with E-state index in [0.29, 0.717) is 42.5 Å². The van der Waals surface area contributed by atoms with Crippen LogP contribution >= 0.6 is 22.9 Å². The summed E-state index contributed by atoms with van der Waals surface area (Å²) in [6, 6.07) is 5.54. The quantitative estimate of drug-likeness (QED) is 0.839. The van der Waals surface area contributed by atoms with Crippen LogP contribution in [0.1, 0.15) is 21.7 Å². The lowest BCUT2D eigenvalue weighted by Gasteiger charge is -2.22. The molecule has 0 atom stereocenters. The number of aromatic nitrogens is 1. The van der Waals surface area contributed by atoms with Crippen LogP contribution in [0, 0.1) is 0 Å². The van der Waals surface area contributed by atoms with Crippen LogP contribution < -0.4 is 0 Å². The van der Waals surface area contributed by atoms with Gasteiger partial charge in [0.25, 0.3) is 5.91 Å². The molecule has 24 heavy (non-hydrogen) atoms. The Balaban J connectivity index is 1.58. The molecule has 0 spiro atoms. The molecule has 0 unspecified atom stereocenters. The summed E-state index contributed by atoms with van der Waals surface area (Å²) in [5, 5.41) is 0. The number of halogens is 1. The monoisotopic (exact) mass is 365 g/mol. The lowest BCUT2D eigenvalue weighted by atomic mass is 10.3. The van der Waals surface area contributed by atoms with Crippen molar-refractivity contribution < 1.29 is 9.59 Å². The lowest BCUT2D eigenvalue weighted by Crippen LogP contribution is -2.37. The minimum Gasteiger partial charge on any atom is -0.356 e. The second-order valence-electron chi connectivity index (χ2n) is 5.97. The van der Waals surface area contributed by atoms with E-state index in [1.807, 2.05) is 52.0 Å². The number of amides is 2. The minimum absolute atomic E-state index is 0.0370. The van der Waals surface area contributed by atoms with Crippen LogP contribution in [0.2, 0.25) is 4.34 Å². The maximum atomic E-state index is 12.5. The Morgan fingerprint density at radius 2 is 1.88 bits per heavy atom. The molecule has 2 aromatic rings. The van der Waals surface area contributed by atoms with Crippen LogP contribution in [0.3, 0.4) is 0 Å². The molecule has 1 aliphatic rings. The Hall–Kier alpha value is -1.79. The van der Waals surface area contributed by atoms with Gasteiger partial charge in [0.05, 0.1) is 16.3 Å². The third kappa shape index (κ3) is 3.99. The highest BCUT2D eigenvalue weighted by atomic mass is 35.5. The van der Waals surface area contributed by atoms with Gasteiger partial charge in [0.2, 0.25) is 5.91 Å². The summed E-state index contributed by atoms with van der Waals surface area (Å²) in [7, 11) is 1.90. The van der Waals surface area contributed by atoms with Crippen LogP contribution in [0.5, 0.6) is 0 Å². The Kier molecular flexibility index (Phi) is 5.26. The van der Waals surface area contributed by atoms with Crippen LogP contribution in [0.25, 0.3) is 0 Å². The highest BCUT2D eigenvalue weighted by Crippen LogP contribution is 2.22. The molecule has 0 N–H and O–H groups in total. The maximum absolute atomic E-state index is 12.5. The van der Waals surface area contributed by atoms with E-state index in [4.69, 9.17) is 11.6 Å². The van der Waals surface area contributed by atoms with E-state index in [-0.39, 0.29) is 11.8 Å². The SMILES string of the molecule is Cn1ccc(C(=O)N2CCCN(C(=O)Cc3ccc(Cl)s3)CC2)c1. The van der Waals surface area contributed by atoms with Gasteiger partial charge in [0.15, 0.2) is 0 Å². The van der Waals surface area contributed by atoms with Crippen molar-refractivity contribution in [1.82, 2.24) is 14.4 Å². The standard InChI is InChI=1S/C17H20ClN3O2S/c1-19-8-5-13(12-19)17(23)21-7-2-6-20(9-10-21)16(22)11-14-3-4-15(18)24-14/h3-5,8,12H,2,6-7,9-11H2,1H3. The van der Waals surface area contributed by atoms with E-state index in [2.05, 4.69) is 0 Å². The molecule has 3 rings (SSSR count). The minimum atomic E-state index is 0.0370. The number of carbonyl (C=O) groups is 2. The molecule has 1 saturated heterocycles. The van der Waals surface area contributed by atoms with E-state index >= 15 is 0 Å². The first kappa shape index (κ1) is 17.0. The summed E-state index contributed by atoms with van der Waals surface area (Å²) in [6.45, 7) is 2.53. The highest BCUT2D eigenvalue weighted by Gasteiger charge is 2.23. The van der Waals surface area contributed by atoms with Crippen molar-refractivity contribution in [2.45, 2.75) is 12.8 Å². The molecule has 0 saturated carbocycles. The topological polar surface area (TPSA) is 45.6 Å². The van der Waals surface area contributed by atoms with Gasteiger partial charge in [0.1, 0.15) is 0 Å². The molecule has 2 amide bonds. The van der Waals surface area contributed by atoms with Gasteiger partial charge >= 0.3 is 0 Å². The van der Waals surface area contributed by atoms with Gasteiger partial charge < -0.3 is 14.4 Å². The summed E-state index contributed by atoms with van der Waals surface area (Å²) in [4.78, 5) is 29.7. The molecule has 1 aliphatic heterocycles. The van der Waals surface area contributed by atoms with Crippen molar-refractivity contribution in [2.24, 2.45) is 7.05 Å². The van der Waals surface area contributed by atoms with Gasteiger partial charge in [-0.3, -0.25) is 9.59 Å². The molecule has 7 heteroatoms. The second kappa shape index (κ2) is 7.40. The number of carbonyl (C=O) groups excluding carboxylic acids is 2. The first-order valence-electron chi connectivity index (χ1n) is 7.96. The van der Waals surface area contributed by atoms with E-state index in [1.54, 1.807) is 0 Å². The molecular formula is C17H20ClN3O2S. The van der Waals surface area contributed by atoms with E-state index in [0.717, 1.165) is 11.3 Å². The van der Waals surface area contributed by atoms with Gasteiger partial charge in [-0.05, 0) is 24.6 Å². The maximum Gasteiger partial charge on any atom is 0.255 e. The van der Waals surface area contributed by atoms with Crippen molar-refractivity contribution in [1.29, 1.82) is 0 Å². The average Bonchev–Trinajstić information content (AvgIpc) is 3.07. The van der Waals surface area contributed by atoms with Crippen molar-refractivity contribution in [3.63, 3.8) is 0 Å². The third-order valence-corrected chi connectivity index (χ3v) is 5.40. The molecule has 0 aliphatic carbocycles. The van der Waals surface area contributed by atoms with Crippen LogP contribution in [-0.4, -0.2) is 52.4 Å². The van der Waals surface area contributed by atoms with Crippen molar-refractivity contribution >= 4 is 34.8 Å². The van der Waals surface area contributed by atoms with Gasteiger partial charge in [0, 0.05) is 50.5 Å². The molecule has 0 radical (unpaired) electrons. The zero-order valence-corrected chi connectivity index (χ0v) is 15.1. The van der Waals surface area contributed by atoms with Gasteiger partial charge in [-0.25, -0.2) is 0 Å². The summed E-state index contributed by atoms with van der Waals surface area (Å²) in [5.41, 5.74) is 0.700. The number of nitrogens with zero attached hydrogens (tertiary/aromatic N) is 3. The van der Waals surface area contributed by atoms with Gasteiger partial charge in [-0.1, -0.05) is 11.6 Å². The summed E-state index contributed by atoms with van der Waals surface area (Å²) < 4.78 is 2.57. The molecule has 2 aromatic heterocycles. The third-order valence-electron chi connectivity index (χ3n) is 4.17. The van der Waals surface area contributed by atoms with Crippen molar-refractivity contribution in [3.05, 3.63) is 45.4 Å². The van der Waals surface area contributed by atoms with E-state index in [1.165, 1.54) is 11.3 Å².